The molecule has 0 atom stereocenters. The number of nitrogens with two attached hydrogens (primary N) is 1. The SMILES string of the molecule is COc1cc(-c2nc(N)nc3c2CNC3)c(Cl)cc1Br. The van der Waals surface area contributed by atoms with Crippen LogP contribution in [0.3, 0.4) is 0 Å². The van der Waals surface area contributed by atoms with Crippen LogP contribution in [0.1, 0.15) is 11.3 Å². The Kier molecular flexibility index (Phi) is 3.54. The molecular formula is C13H12BrClN4O. The van der Waals surface area contributed by atoms with E-state index in [0.29, 0.717) is 23.9 Å². The number of anilines is 1. The Labute approximate surface area is 129 Å². The zero-order valence-corrected chi connectivity index (χ0v) is 13.0. The van der Waals surface area contributed by atoms with Crippen molar-refractivity contribution in [3.05, 3.63) is 32.9 Å². The minimum atomic E-state index is 0.250. The molecule has 2 aromatic rings. The normalized spacial score (nSPS) is 13.3. The van der Waals surface area contributed by atoms with Gasteiger partial charge in [-0.05, 0) is 28.1 Å². The zero-order chi connectivity index (χ0) is 14.3. The van der Waals surface area contributed by atoms with Crippen LogP contribution in [-0.2, 0) is 13.1 Å². The van der Waals surface area contributed by atoms with Crippen LogP contribution in [0.4, 0.5) is 5.95 Å². The van der Waals surface area contributed by atoms with Crippen LogP contribution in [-0.4, -0.2) is 17.1 Å². The minimum Gasteiger partial charge on any atom is -0.496 e. The third-order valence-corrected chi connectivity index (χ3v) is 4.13. The summed E-state index contributed by atoms with van der Waals surface area (Å²) in [6.07, 6.45) is 0. The summed E-state index contributed by atoms with van der Waals surface area (Å²) in [6, 6.07) is 3.65. The number of fused-ring (bicyclic) bond motifs is 1. The highest BCUT2D eigenvalue weighted by Crippen LogP contribution is 2.38. The molecule has 104 valence electrons. The minimum absolute atomic E-state index is 0.250. The van der Waals surface area contributed by atoms with E-state index < -0.39 is 0 Å². The number of ether oxygens (including phenoxy) is 1. The van der Waals surface area contributed by atoms with Gasteiger partial charge in [0.25, 0.3) is 0 Å². The lowest BCUT2D eigenvalue weighted by Crippen LogP contribution is -2.03. The summed E-state index contributed by atoms with van der Waals surface area (Å²) in [5.41, 5.74) is 9.29. The molecule has 3 N–H and O–H groups in total. The lowest BCUT2D eigenvalue weighted by molar-refractivity contribution is 0.412. The van der Waals surface area contributed by atoms with Crippen molar-refractivity contribution < 1.29 is 4.74 Å². The predicted octanol–water partition coefficient (Wildman–Crippen LogP) is 2.75. The number of rotatable bonds is 2. The highest BCUT2D eigenvalue weighted by atomic mass is 79.9. The molecule has 0 unspecified atom stereocenters. The van der Waals surface area contributed by atoms with Crippen LogP contribution < -0.4 is 15.8 Å². The van der Waals surface area contributed by atoms with Gasteiger partial charge in [0.2, 0.25) is 5.95 Å². The first-order chi connectivity index (χ1) is 9.60. The molecule has 1 aromatic carbocycles. The standard InChI is InChI=1S/C13H12BrClN4O/c1-20-11-2-6(9(15)3-8(11)14)12-7-4-17-5-10(7)18-13(16)19-12/h2-3,17H,4-5H2,1H3,(H2,16,18,19). The molecule has 0 saturated carbocycles. The number of benzene rings is 1. The van der Waals surface area contributed by atoms with Gasteiger partial charge in [-0.1, -0.05) is 11.6 Å². The second kappa shape index (κ2) is 5.20. The molecule has 0 fully saturated rings. The van der Waals surface area contributed by atoms with Gasteiger partial charge in [0, 0.05) is 24.2 Å². The number of nitrogen functional groups attached to an aromatic ring is 1. The molecule has 0 radical (unpaired) electrons. The molecular weight excluding hydrogens is 344 g/mol. The topological polar surface area (TPSA) is 73.1 Å². The van der Waals surface area contributed by atoms with E-state index in [4.69, 9.17) is 22.1 Å². The average Bonchev–Trinajstić information content (AvgIpc) is 2.86. The lowest BCUT2D eigenvalue weighted by atomic mass is 10.1. The van der Waals surface area contributed by atoms with Crippen molar-refractivity contribution in [3.63, 3.8) is 0 Å². The van der Waals surface area contributed by atoms with E-state index >= 15 is 0 Å². The van der Waals surface area contributed by atoms with Crippen molar-refractivity contribution in [2.24, 2.45) is 0 Å². The van der Waals surface area contributed by atoms with Crippen LogP contribution in [0.5, 0.6) is 5.75 Å². The highest BCUT2D eigenvalue weighted by Gasteiger charge is 2.21. The maximum absolute atomic E-state index is 6.34. The third kappa shape index (κ3) is 2.24. The summed E-state index contributed by atoms with van der Waals surface area (Å²) in [4.78, 5) is 8.60. The first-order valence-electron chi connectivity index (χ1n) is 5.99. The Morgan fingerprint density at radius 1 is 1.35 bits per heavy atom. The number of halogens is 2. The van der Waals surface area contributed by atoms with Crippen molar-refractivity contribution in [1.29, 1.82) is 0 Å². The van der Waals surface area contributed by atoms with Crippen molar-refractivity contribution >= 4 is 33.5 Å². The van der Waals surface area contributed by atoms with Crippen LogP contribution >= 0.6 is 27.5 Å². The number of hydrogen-bond acceptors (Lipinski definition) is 5. The molecule has 3 rings (SSSR count). The van der Waals surface area contributed by atoms with Gasteiger partial charge in [-0.2, -0.15) is 0 Å². The predicted molar refractivity (Wildman–Crippen MR) is 81.7 cm³/mol. The van der Waals surface area contributed by atoms with E-state index in [2.05, 4.69) is 31.2 Å². The Bertz CT molecular complexity index is 693. The largest absolute Gasteiger partial charge is 0.496 e. The molecule has 0 aliphatic carbocycles. The van der Waals surface area contributed by atoms with Gasteiger partial charge in [-0.25, -0.2) is 9.97 Å². The lowest BCUT2D eigenvalue weighted by Gasteiger charge is -2.12. The van der Waals surface area contributed by atoms with E-state index in [0.717, 1.165) is 27.0 Å². The number of nitrogens with zero attached hydrogens (tertiary/aromatic N) is 2. The summed E-state index contributed by atoms with van der Waals surface area (Å²) in [6.45, 7) is 1.40. The van der Waals surface area contributed by atoms with Gasteiger partial charge < -0.3 is 15.8 Å². The van der Waals surface area contributed by atoms with Gasteiger partial charge in [0.15, 0.2) is 0 Å². The van der Waals surface area contributed by atoms with E-state index in [1.165, 1.54) is 0 Å². The zero-order valence-electron chi connectivity index (χ0n) is 10.7. The summed E-state index contributed by atoms with van der Waals surface area (Å²) >= 11 is 9.75. The monoisotopic (exact) mass is 354 g/mol. The third-order valence-electron chi connectivity index (χ3n) is 3.20. The maximum atomic E-state index is 6.34. The van der Waals surface area contributed by atoms with Crippen molar-refractivity contribution in [3.8, 4) is 17.0 Å². The average molecular weight is 356 g/mol. The second-order valence-electron chi connectivity index (χ2n) is 4.43. The molecule has 1 aliphatic rings. The molecule has 5 nitrogen and oxygen atoms in total. The molecule has 0 bridgehead atoms. The second-order valence-corrected chi connectivity index (χ2v) is 5.69. The van der Waals surface area contributed by atoms with Crippen LogP contribution in [0.2, 0.25) is 5.02 Å². The van der Waals surface area contributed by atoms with E-state index in [1.807, 2.05) is 6.07 Å². The molecule has 0 spiro atoms. The molecule has 7 heteroatoms. The molecule has 0 amide bonds. The Morgan fingerprint density at radius 2 is 2.15 bits per heavy atom. The first-order valence-corrected chi connectivity index (χ1v) is 7.16. The molecule has 0 saturated heterocycles. The smallest absolute Gasteiger partial charge is 0.220 e. The molecule has 1 aromatic heterocycles. The van der Waals surface area contributed by atoms with Gasteiger partial charge in [-0.3, -0.25) is 0 Å². The summed E-state index contributed by atoms with van der Waals surface area (Å²) < 4.78 is 6.11. The Hall–Kier alpha value is -1.37. The maximum Gasteiger partial charge on any atom is 0.220 e. The number of aromatic nitrogens is 2. The quantitative estimate of drug-likeness (QED) is 0.866. The van der Waals surface area contributed by atoms with E-state index in [9.17, 15) is 0 Å². The Morgan fingerprint density at radius 3 is 2.90 bits per heavy atom. The van der Waals surface area contributed by atoms with Crippen LogP contribution in [0.25, 0.3) is 11.3 Å². The van der Waals surface area contributed by atoms with Gasteiger partial charge in [0.05, 0.1) is 28.0 Å². The van der Waals surface area contributed by atoms with Gasteiger partial charge in [-0.15, -0.1) is 0 Å². The summed E-state index contributed by atoms with van der Waals surface area (Å²) in [5, 5.41) is 3.83. The van der Waals surface area contributed by atoms with E-state index in [1.54, 1.807) is 13.2 Å². The highest BCUT2D eigenvalue weighted by molar-refractivity contribution is 9.10. The van der Waals surface area contributed by atoms with E-state index in [-0.39, 0.29) is 5.95 Å². The first kappa shape index (κ1) is 13.6. The van der Waals surface area contributed by atoms with Crippen molar-refractivity contribution in [1.82, 2.24) is 15.3 Å². The van der Waals surface area contributed by atoms with Gasteiger partial charge in [0.1, 0.15) is 5.75 Å². The fraction of sp³-hybridized carbons (Fsp3) is 0.231. The fourth-order valence-corrected chi connectivity index (χ4v) is 3.17. The number of hydrogen-bond donors (Lipinski definition) is 2. The Balaban J connectivity index is 2.24. The van der Waals surface area contributed by atoms with Crippen molar-refractivity contribution in [2.45, 2.75) is 13.1 Å². The summed E-state index contributed by atoms with van der Waals surface area (Å²) in [7, 11) is 1.61. The van der Waals surface area contributed by atoms with Gasteiger partial charge >= 0.3 is 0 Å². The van der Waals surface area contributed by atoms with Crippen molar-refractivity contribution in [2.75, 3.05) is 12.8 Å². The molecule has 20 heavy (non-hydrogen) atoms. The molecule has 1 aliphatic heterocycles. The summed E-state index contributed by atoms with van der Waals surface area (Å²) in [5.74, 6) is 0.946. The number of nitrogens with one attached hydrogen (secondary N) is 1. The van der Waals surface area contributed by atoms with Crippen LogP contribution in [0.15, 0.2) is 16.6 Å². The fourth-order valence-electron chi connectivity index (χ4n) is 2.28. The molecule has 2 heterocycles. The van der Waals surface area contributed by atoms with Crippen LogP contribution in [0, 0.1) is 0 Å². The number of methoxy groups -OCH3 is 1.